The Kier molecular flexibility index (Phi) is 33.7. The number of cyclic esters (lactones) is 1. The Morgan fingerprint density at radius 1 is 0.781 bits per heavy atom. The number of phosphoric acid groups is 2. The van der Waals surface area contributed by atoms with E-state index in [0.29, 0.717) is 12.8 Å². The molecule has 22 heteroatoms. The normalized spacial score (nSPS) is 30.6. The molecule has 20 nitrogen and oxygen atoms in total. The molecule has 1 saturated carbocycles. The molecule has 0 aromatic heterocycles. The SMILES string of the molecule is CC/C=C\C/C=C\C/C=C\C/C=C\CCCCCCCCC(=O)OC[C@@H]1COP(=O)(O)O[C@H]2[C@H](O)[C@@H](O)[C@H](O)[C@@H](CC(=O)CCCCC(=O)O1)[C@@H](O)C[C@@H](O)[C@H](C=C[C@@H](O)CCCCC)[C@@H](O)[C@H]2OP(=O)(O)O. The van der Waals surface area contributed by atoms with E-state index in [1.807, 2.05) is 6.92 Å². The quantitative estimate of drug-likeness (QED) is 0.0200. The van der Waals surface area contributed by atoms with Crippen LogP contribution in [0.2, 0.25) is 0 Å². The Balaban J connectivity index is 2.22. The summed E-state index contributed by atoms with van der Waals surface area (Å²) >= 11 is 0. The maximum atomic E-state index is 13.7. The molecular formula is C51H86O20P2. The van der Waals surface area contributed by atoms with Crippen LogP contribution in [0.15, 0.2) is 60.8 Å². The number of carbonyl (C=O) groups is 3. The molecule has 2 rings (SSSR count). The van der Waals surface area contributed by atoms with Gasteiger partial charge in [0, 0.05) is 43.9 Å². The third-order valence-corrected chi connectivity index (χ3v) is 14.0. The number of carbonyl (C=O) groups excluding carboxylic acids is 3. The van der Waals surface area contributed by atoms with Crippen molar-refractivity contribution in [3.8, 4) is 0 Å². The highest BCUT2D eigenvalue weighted by molar-refractivity contribution is 7.47. The zero-order valence-electron chi connectivity index (χ0n) is 42.6. The number of hydrogen-bond acceptors (Lipinski definition) is 17. The summed E-state index contributed by atoms with van der Waals surface area (Å²) in [6, 6.07) is 0. The summed E-state index contributed by atoms with van der Waals surface area (Å²) in [5.41, 5.74) is 0. The van der Waals surface area contributed by atoms with Gasteiger partial charge in [-0.2, -0.15) is 0 Å². The second kappa shape index (κ2) is 37.1. The Morgan fingerprint density at radius 2 is 1.40 bits per heavy atom. The molecule has 1 unspecified atom stereocenters. The summed E-state index contributed by atoms with van der Waals surface area (Å²) in [5.74, 6) is -5.59. The standard InChI is InChI=1S/C51H86O20P2/c1-3-5-7-8-9-10-11-12-13-14-15-16-17-18-19-20-21-22-24-29-44(56)67-35-39-36-68-73(65,66)71-51-49(61)48(60)46(58)41(33-38(53)28-25-26-30-45(57)69-39)43(55)34-42(54)40(32-31-37(52)27-23-6-4-2)47(59)50(51)70-72(62,63)64/h5,7,9-10,12-13,15-16,31-32,37,39-43,46-52,54-55,58-61H,3-4,6,8,11,14,17-30,33-36H2,1-2H3,(H,65,66)(H2,62,63,64)/b7-5-,10-9-,13-12-,16-15-,32-31?/t37-,39+,40-,41-,42+,43-,46+,47+,48-,49+,50+,51-/m0/s1. The first-order valence-corrected chi connectivity index (χ1v) is 29.0. The number of aliphatic hydroxyl groups is 7. The number of aliphatic hydroxyl groups excluding tert-OH is 7. The van der Waals surface area contributed by atoms with Crippen LogP contribution in [0.25, 0.3) is 0 Å². The van der Waals surface area contributed by atoms with Gasteiger partial charge in [0.25, 0.3) is 0 Å². The van der Waals surface area contributed by atoms with E-state index in [1.54, 1.807) is 0 Å². The fourth-order valence-electron chi connectivity index (χ4n) is 8.42. The van der Waals surface area contributed by atoms with Gasteiger partial charge in [-0.3, -0.25) is 28.0 Å². The monoisotopic (exact) mass is 1080 g/mol. The summed E-state index contributed by atoms with van der Waals surface area (Å²) < 4.78 is 52.1. The van der Waals surface area contributed by atoms with Crippen molar-refractivity contribution in [1.82, 2.24) is 0 Å². The van der Waals surface area contributed by atoms with E-state index in [2.05, 4.69) is 55.5 Å². The summed E-state index contributed by atoms with van der Waals surface area (Å²) in [4.78, 5) is 70.1. The number of rotatable bonds is 26. The fraction of sp³-hybridized carbons (Fsp3) is 0.745. The summed E-state index contributed by atoms with van der Waals surface area (Å²) in [7, 11) is -11.6. The lowest BCUT2D eigenvalue weighted by atomic mass is 9.82. The van der Waals surface area contributed by atoms with Crippen molar-refractivity contribution in [2.45, 2.75) is 216 Å². The van der Waals surface area contributed by atoms with Crippen LogP contribution < -0.4 is 0 Å². The summed E-state index contributed by atoms with van der Waals surface area (Å²) in [6.45, 7) is 2.35. The number of fused-ring (bicyclic) bond motifs is 4. The molecule has 0 aromatic carbocycles. The largest absolute Gasteiger partial charge is 0.472 e. The third kappa shape index (κ3) is 28.8. The summed E-state index contributed by atoms with van der Waals surface area (Å²) in [5, 5.41) is 79.7. The minimum atomic E-state index is -5.81. The van der Waals surface area contributed by atoms with Gasteiger partial charge in [-0.05, 0) is 64.2 Å². The molecule has 13 atom stereocenters. The lowest BCUT2D eigenvalue weighted by Gasteiger charge is -2.38. The zero-order valence-corrected chi connectivity index (χ0v) is 44.4. The molecular weight excluding hydrogens is 994 g/mol. The van der Waals surface area contributed by atoms with Gasteiger partial charge in [0.15, 0.2) is 6.10 Å². The average Bonchev–Trinajstić information content (AvgIpc) is 3.33. The second-order valence-corrected chi connectivity index (χ2v) is 21.4. The molecule has 2 fully saturated rings. The van der Waals surface area contributed by atoms with Gasteiger partial charge in [-0.1, -0.05) is 120 Å². The van der Waals surface area contributed by atoms with Crippen LogP contribution in [0.4, 0.5) is 0 Å². The average molecular weight is 1080 g/mol. The van der Waals surface area contributed by atoms with Gasteiger partial charge in [-0.25, -0.2) is 9.13 Å². The van der Waals surface area contributed by atoms with Crippen molar-refractivity contribution in [2.24, 2.45) is 11.8 Å². The van der Waals surface area contributed by atoms with Gasteiger partial charge in [0.2, 0.25) is 0 Å². The lowest BCUT2D eigenvalue weighted by molar-refractivity contribution is -0.166. The van der Waals surface area contributed by atoms with E-state index in [4.69, 9.17) is 23.0 Å². The van der Waals surface area contributed by atoms with Gasteiger partial charge < -0.3 is 59.9 Å². The highest BCUT2D eigenvalue weighted by atomic mass is 31.2. The van der Waals surface area contributed by atoms with Gasteiger partial charge in [0.05, 0.1) is 37.1 Å². The van der Waals surface area contributed by atoms with Crippen molar-refractivity contribution in [3.63, 3.8) is 0 Å². The van der Waals surface area contributed by atoms with Crippen molar-refractivity contribution in [3.05, 3.63) is 60.8 Å². The first-order valence-electron chi connectivity index (χ1n) is 26.0. The number of allylic oxidation sites excluding steroid dienone is 8. The predicted octanol–water partition coefficient (Wildman–Crippen LogP) is 6.18. The van der Waals surface area contributed by atoms with E-state index in [1.165, 1.54) is 0 Å². The molecule has 1 saturated heterocycles. The Labute approximate surface area is 431 Å². The number of Topliss-reactive ketones (excluding diaryl/α,β-unsaturated/α-hetero) is 1. The minimum absolute atomic E-state index is 0.0106. The number of esters is 2. The van der Waals surface area contributed by atoms with Crippen LogP contribution in [-0.4, -0.2) is 142 Å². The molecule has 1 aliphatic carbocycles. The number of hydrogen-bond donors (Lipinski definition) is 10. The fourth-order valence-corrected chi connectivity index (χ4v) is 9.95. The molecule has 420 valence electrons. The van der Waals surface area contributed by atoms with E-state index < -0.39 is 132 Å². The first-order chi connectivity index (χ1) is 34.7. The number of ether oxygens (including phenoxy) is 2. The molecule has 73 heavy (non-hydrogen) atoms. The van der Waals surface area contributed by atoms with Crippen LogP contribution in [0.3, 0.4) is 0 Å². The molecule has 1 aliphatic heterocycles. The molecule has 0 amide bonds. The molecule has 1 heterocycles. The smallest absolute Gasteiger partial charge is 0.462 e. The highest BCUT2D eigenvalue weighted by Gasteiger charge is 2.52. The van der Waals surface area contributed by atoms with Crippen molar-refractivity contribution >= 4 is 33.4 Å². The Morgan fingerprint density at radius 3 is 2.04 bits per heavy atom. The topological polar surface area (TPSA) is 334 Å². The third-order valence-electron chi connectivity index (χ3n) is 12.5. The molecule has 0 radical (unpaired) electrons. The molecule has 10 N–H and O–H groups in total. The van der Waals surface area contributed by atoms with Crippen molar-refractivity contribution in [2.75, 3.05) is 13.2 Å². The summed E-state index contributed by atoms with van der Waals surface area (Å²) in [6.07, 6.45) is 8.00. The maximum absolute atomic E-state index is 13.7. The number of phosphoric ester groups is 2. The predicted molar refractivity (Wildman–Crippen MR) is 271 cm³/mol. The van der Waals surface area contributed by atoms with Crippen LogP contribution in [0, 0.1) is 11.8 Å². The van der Waals surface area contributed by atoms with Crippen LogP contribution in [-0.2, 0) is 46.6 Å². The minimum Gasteiger partial charge on any atom is -0.462 e. The van der Waals surface area contributed by atoms with Crippen LogP contribution >= 0.6 is 15.6 Å². The van der Waals surface area contributed by atoms with E-state index >= 15 is 0 Å². The second-order valence-electron chi connectivity index (χ2n) is 18.8. The van der Waals surface area contributed by atoms with Crippen molar-refractivity contribution in [1.29, 1.82) is 0 Å². The maximum Gasteiger partial charge on any atom is 0.472 e. The van der Waals surface area contributed by atoms with Gasteiger partial charge in [0.1, 0.15) is 36.8 Å². The number of ketones is 1. The zero-order chi connectivity index (χ0) is 54.2. The van der Waals surface area contributed by atoms with Crippen LogP contribution in [0.1, 0.15) is 155 Å². The van der Waals surface area contributed by atoms with Crippen molar-refractivity contribution < 1.29 is 97.0 Å². The lowest BCUT2D eigenvalue weighted by Crippen LogP contribution is -2.56. The van der Waals surface area contributed by atoms with E-state index in [0.717, 1.165) is 89.2 Å². The first kappa shape index (κ1) is 66.4. The molecule has 0 spiro atoms. The van der Waals surface area contributed by atoms with E-state index in [-0.39, 0.29) is 38.5 Å². The van der Waals surface area contributed by atoms with E-state index in [9.17, 15) is 73.9 Å². The Bertz CT molecular complexity index is 1820. The number of unbranched alkanes of at least 4 members (excludes halogenated alkanes) is 8. The van der Waals surface area contributed by atoms with Gasteiger partial charge in [-0.15, -0.1) is 0 Å². The highest BCUT2D eigenvalue weighted by Crippen LogP contribution is 2.50. The van der Waals surface area contributed by atoms with Crippen LogP contribution in [0.5, 0.6) is 0 Å². The Hall–Kier alpha value is -2.75. The van der Waals surface area contributed by atoms with Gasteiger partial charge >= 0.3 is 27.6 Å². The molecule has 0 aromatic rings. The molecule has 2 aliphatic rings. The molecule has 2 bridgehead atoms.